The molecule has 0 N–H and O–H groups in total. The first-order valence-electron chi connectivity index (χ1n) is 7.63. The van der Waals surface area contributed by atoms with Gasteiger partial charge in [-0.15, -0.1) is 0 Å². The summed E-state index contributed by atoms with van der Waals surface area (Å²) >= 11 is 5.97. The lowest BCUT2D eigenvalue weighted by Gasteiger charge is -2.13. The highest BCUT2D eigenvalue weighted by Gasteiger charge is 2.13. The third-order valence-corrected chi connectivity index (χ3v) is 3.88. The Morgan fingerprint density at radius 2 is 1.88 bits per heavy atom. The molecule has 0 saturated heterocycles. The van der Waals surface area contributed by atoms with Gasteiger partial charge in [-0.1, -0.05) is 72.3 Å². The number of benzene rings is 2. The summed E-state index contributed by atoms with van der Waals surface area (Å²) in [6, 6.07) is 15.3. The largest absolute Gasteiger partial charge is 0.376 e. The predicted molar refractivity (Wildman–Crippen MR) is 102 cm³/mol. The van der Waals surface area contributed by atoms with E-state index in [-0.39, 0.29) is 6.10 Å². The predicted octanol–water partition coefficient (Wildman–Crippen LogP) is 5.32. The molecule has 0 aromatic heterocycles. The molecule has 0 amide bonds. The van der Waals surface area contributed by atoms with Crippen LogP contribution >= 0.6 is 11.6 Å². The van der Waals surface area contributed by atoms with Crippen LogP contribution in [0.25, 0.3) is 17.7 Å². The first-order chi connectivity index (χ1) is 11.7. The normalized spacial score (nSPS) is 12.5. The van der Waals surface area contributed by atoms with Gasteiger partial charge in [0.05, 0.1) is 11.7 Å². The van der Waals surface area contributed by atoms with E-state index in [4.69, 9.17) is 16.3 Å². The minimum absolute atomic E-state index is 0.306. The van der Waals surface area contributed by atoms with E-state index in [1.54, 1.807) is 7.11 Å². The molecule has 0 aliphatic heterocycles. The first kappa shape index (κ1) is 18.0. The van der Waals surface area contributed by atoms with Crippen LogP contribution in [0.1, 0.15) is 23.6 Å². The van der Waals surface area contributed by atoms with E-state index in [0.29, 0.717) is 10.6 Å². The maximum atomic E-state index is 11.3. The molecule has 0 bridgehead atoms. The molecular formula is C21H19ClO2. The molecule has 1 atom stereocenters. The maximum absolute atomic E-state index is 11.3. The molecule has 0 aliphatic rings. The van der Waals surface area contributed by atoms with Crippen LogP contribution in [0, 0.1) is 0 Å². The van der Waals surface area contributed by atoms with Gasteiger partial charge >= 0.3 is 0 Å². The number of methoxy groups -OCH3 is 1. The smallest absolute Gasteiger partial charge is 0.131 e. The van der Waals surface area contributed by atoms with Gasteiger partial charge in [-0.05, 0) is 35.7 Å². The van der Waals surface area contributed by atoms with Gasteiger partial charge in [0, 0.05) is 12.1 Å². The first-order valence-corrected chi connectivity index (χ1v) is 8.01. The summed E-state index contributed by atoms with van der Waals surface area (Å²) in [5.41, 5.74) is 3.31. The molecule has 0 radical (unpaired) electrons. The third-order valence-electron chi connectivity index (χ3n) is 3.65. The molecule has 2 rings (SSSR count). The summed E-state index contributed by atoms with van der Waals surface area (Å²) in [6.07, 6.45) is 7.49. The minimum atomic E-state index is -0.306. The number of allylic oxidation sites excluding steroid dienone is 2. The Kier molecular flexibility index (Phi) is 6.77. The molecule has 0 saturated carbocycles. The average Bonchev–Trinajstić information content (AvgIpc) is 2.60. The highest BCUT2D eigenvalue weighted by molar-refractivity contribution is 6.30. The average molecular weight is 339 g/mol. The second kappa shape index (κ2) is 9.05. The van der Waals surface area contributed by atoms with Crippen LogP contribution in [-0.4, -0.2) is 19.2 Å². The maximum Gasteiger partial charge on any atom is 0.131 e. The van der Waals surface area contributed by atoms with Crippen molar-refractivity contribution in [3.8, 4) is 0 Å². The molecular weight excluding hydrogens is 320 g/mol. The summed E-state index contributed by atoms with van der Waals surface area (Å²) in [5.74, 6) is 2.01. The lowest BCUT2D eigenvalue weighted by atomic mass is 9.97. The number of carbonyl (C=O) groups excluding carboxylic acids is 1. The topological polar surface area (TPSA) is 26.3 Å². The van der Waals surface area contributed by atoms with Gasteiger partial charge in [0.2, 0.25) is 0 Å². The van der Waals surface area contributed by atoms with Gasteiger partial charge < -0.3 is 4.74 Å². The summed E-state index contributed by atoms with van der Waals surface area (Å²) in [4.78, 5) is 11.3. The van der Waals surface area contributed by atoms with Crippen molar-refractivity contribution in [3.05, 3.63) is 82.4 Å². The highest BCUT2D eigenvalue weighted by Crippen LogP contribution is 2.23. The van der Waals surface area contributed by atoms with Crippen LogP contribution in [0.2, 0.25) is 5.02 Å². The summed E-state index contributed by atoms with van der Waals surface area (Å²) < 4.78 is 5.26. The quantitative estimate of drug-likeness (QED) is 0.526. The van der Waals surface area contributed by atoms with Crippen LogP contribution < -0.4 is 0 Å². The van der Waals surface area contributed by atoms with Crippen molar-refractivity contribution < 1.29 is 9.53 Å². The molecule has 0 heterocycles. The fraction of sp³-hybridized carbons (Fsp3) is 0.143. The Morgan fingerprint density at radius 3 is 2.58 bits per heavy atom. The zero-order chi connectivity index (χ0) is 17.4. The van der Waals surface area contributed by atoms with Crippen LogP contribution in [-0.2, 0) is 9.53 Å². The van der Waals surface area contributed by atoms with Crippen molar-refractivity contribution in [3.63, 3.8) is 0 Å². The standard InChI is InChI=1S/C21H19ClO2/c1-16(24-2)21(15-23)20-13-6-5-11-18(20)10-4-3-8-17-9-7-12-19(22)14-17/h3-14,16H,1-2H3/b8-3+,10-4+. The molecule has 0 aliphatic carbocycles. The van der Waals surface area contributed by atoms with Crippen molar-refractivity contribution >= 4 is 35.3 Å². The number of halogens is 1. The highest BCUT2D eigenvalue weighted by atomic mass is 35.5. The molecule has 24 heavy (non-hydrogen) atoms. The van der Waals surface area contributed by atoms with E-state index in [0.717, 1.165) is 16.7 Å². The molecule has 2 nitrogen and oxygen atoms in total. The van der Waals surface area contributed by atoms with Crippen molar-refractivity contribution in [2.24, 2.45) is 0 Å². The Bertz CT molecular complexity index is 799. The molecule has 3 heteroatoms. The van der Waals surface area contributed by atoms with E-state index in [2.05, 4.69) is 0 Å². The van der Waals surface area contributed by atoms with Crippen molar-refractivity contribution in [1.82, 2.24) is 0 Å². The summed E-state index contributed by atoms with van der Waals surface area (Å²) in [6.45, 7) is 1.83. The van der Waals surface area contributed by atoms with Gasteiger partial charge in [-0.25, -0.2) is 4.79 Å². The SMILES string of the molecule is COC(C)C(=C=O)c1ccccc1/C=C/C=C/c1cccc(Cl)c1. The number of hydrogen-bond donors (Lipinski definition) is 0. The molecule has 1 unspecified atom stereocenters. The van der Waals surface area contributed by atoms with Crippen LogP contribution in [0.5, 0.6) is 0 Å². The van der Waals surface area contributed by atoms with Gasteiger partial charge in [0.15, 0.2) is 0 Å². The Balaban J connectivity index is 2.22. The zero-order valence-corrected chi connectivity index (χ0v) is 14.5. The molecule has 122 valence electrons. The van der Waals surface area contributed by atoms with Gasteiger partial charge in [-0.3, -0.25) is 0 Å². The van der Waals surface area contributed by atoms with Gasteiger partial charge in [-0.2, -0.15) is 0 Å². The van der Waals surface area contributed by atoms with E-state index in [9.17, 15) is 4.79 Å². The second-order valence-corrected chi connectivity index (χ2v) is 5.69. The molecule has 0 fully saturated rings. The fourth-order valence-corrected chi connectivity index (χ4v) is 2.50. The van der Waals surface area contributed by atoms with E-state index in [1.807, 2.05) is 85.7 Å². The van der Waals surface area contributed by atoms with Gasteiger partial charge in [0.1, 0.15) is 5.94 Å². The molecule has 2 aromatic rings. The number of ether oxygens (including phenoxy) is 1. The Hall–Kier alpha value is -2.38. The number of hydrogen-bond acceptors (Lipinski definition) is 2. The Labute approximate surface area is 147 Å². The summed E-state index contributed by atoms with van der Waals surface area (Å²) in [5, 5.41) is 0.709. The monoisotopic (exact) mass is 338 g/mol. The fourth-order valence-electron chi connectivity index (χ4n) is 2.30. The minimum Gasteiger partial charge on any atom is -0.376 e. The van der Waals surface area contributed by atoms with Crippen LogP contribution in [0.3, 0.4) is 0 Å². The molecule has 0 spiro atoms. The van der Waals surface area contributed by atoms with E-state index >= 15 is 0 Å². The van der Waals surface area contributed by atoms with Crippen LogP contribution in [0.15, 0.2) is 60.7 Å². The Morgan fingerprint density at radius 1 is 1.12 bits per heavy atom. The van der Waals surface area contributed by atoms with E-state index < -0.39 is 0 Å². The lowest BCUT2D eigenvalue weighted by molar-refractivity contribution is 0.164. The van der Waals surface area contributed by atoms with Crippen molar-refractivity contribution in [2.75, 3.05) is 7.11 Å². The molecule has 2 aromatic carbocycles. The summed E-state index contributed by atoms with van der Waals surface area (Å²) in [7, 11) is 1.58. The number of rotatable bonds is 6. The lowest BCUT2D eigenvalue weighted by Crippen LogP contribution is -2.09. The van der Waals surface area contributed by atoms with Crippen molar-refractivity contribution in [2.45, 2.75) is 13.0 Å². The zero-order valence-electron chi connectivity index (χ0n) is 13.7. The van der Waals surface area contributed by atoms with Crippen LogP contribution in [0.4, 0.5) is 0 Å². The van der Waals surface area contributed by atoms with Gasteiger partial charge in [0.25, 0.3) is 0 Å². The van der Waals surface area contributed by atoms with Crippen molar-refractivity contribution in [1.29, 1.82) is 0 Å². The van der Waals surface area contributed by atoms with E-state index in [1.165, 1.54) is 0 Å². The second-order valence-electron chi connectivity index (χ2n) is 5.25. The third kappa shape index (κ3) is 4.81.